The molecule has 0 saturated carbocycles. The van der Waals surface area contributed by atoms with E-state index >= 15 is 0 Å². The largest absolute Gasteiger partial charge is 0.236 e. The van der Waals surface area contributed by atoms with Crippen LogP contribution in [0.5, 0.6) is 0 Å². The first kappa shape index (κ1) is 9.47. The van der Waals surface area contributed by atoms with Gasteiger partial charge in [0.05, 0.1) is 5.52 Å². The molecule has 0 radical (unpaired) electrons. The van der Waals surface area contributed by atoms with Crippen LogP contribution in [0.1, 0.15) is 18.1 Å². The number of hydrogen-bond acceptors (Lipinski definition) is 1. The molecular formula is C12H12ClN. The van der Waals surface area contributed by atoms with E-state index in [9.17, 15) is 0 Å². The average molecular weight is 206 g/mol. The number of rotatable bonds is 1. The molecule has 0 aliphatic rings. The van der Waals surface area contributed by atoms with Gasteiger partial charge < -0.3 is 0 Å². The molecule has 0 fully saturated rings. The standard InChI is InChI=1S/C12H12ClN/c1-3-9-4-5-10-6-8(2)12(13)14-11(10)7-9/h4-7H,3H2,1-2H3. The minimum atomic E-state index is 0.603. The molecule has 0 N–H and O–H groups in total. The monoisotopic (exact) mass is 205 g/mol. The highest BCUT2D eigenvalue weighted by Gasteiger charge is 2.01. The molecule has 0 unspecified atom stereocenters. The summed E-state index contributed by atoms with van der Waals surface area (Å²) >= 11 is 5.97. The molecule has 0 aliphatic heterocycles. The average Bonchev–Trinajstić information content (AvgIpc) is 2.19. The first-order valence-electron chi connectivity index (χ1n) is 4.76. The van der Waals surface area contributed by atoms with E-state index in [0.29, 0.717) is 5.15 Å². The maximum atomic E-state index is 5.97. The molecule has 2 rings (SSSR count). The number of fused-ring (bicyclic) bond motifs is 1. The summed E-state index contributed by atoms with van der Waals surface area (Å²) in [7, 11) is 0. The van der Waals surface area contributed by atoms with Crippen molar-refractivity contribution in [1.82, 2.24) is 4.98 Å². The van der Waals surface area contributed by atoms with Crippen LogP contribution in [0, 0.1) is 6.92 Å². The quantitative estimate of drug-likeness (QED) is 0.646. The third kappa shape index (κ3) is 1.60. The van der Waals surface area contributed by atoms with Crippen LogP contribution in [-0.2, 0) is 6.42 Å². The van der Waals surface area contributed by atoms with E-state index in [0.717, 1.165) is 22.9 Å². The molecule has 0 spiro atoms. The topological polar surface area (TPSA) is 12.9 Å². The van der Waals surface area contributed by atoms with Crippen LogP contribution in [0.2, 0.25) is 5.15 Å². The van der Waals surface area contributed by atoms with Gasteiger partial charge in [-0.2, -0.15) is 0 Å². The van der Waals surface area contributed by atoms with Crippen molar-refractivity contribution in [2.45, 2.75) is 20.3 Å². The second-order valence-corrected chi connectivity index (χ2v) is 3.83. The van der Waals surface area contributed by atoms with Crippen molar-refractivity contribution in [2.24, 2.45) is 0 Å². The van der Waals surface area contributed by atoms with Gasteiger partial charge in [0, 0.05) is 5.39 Å². The lowest BCUT2D eigenvalue weighted by molar-refractivity contribution is 1.14. The van der Waals surface area contributed by atoms with E-state index in [1.165, 1.54) is 5.56 Å². The van der Waals surface area contributed by atoms with Crippen LogP contribution in [-0.4, -0.2) is 4.98 Å². The summed E-state index contributed by atoms with van der Waals surface area (Å²) in [5, 5.41) is 1.76. The zero-order valence-corrected chi connectivity index (χ0v) is 9.10. The molecule has 0 saturated heterocycles. The van der Waals surface area contributed by atoms with Gasteiger partial charge in [0.1, 0.15) is 5.15 Å². The zero-order chi connectivity index (χ0) is 10.1. The molecule has 0 bridgehead atoms. The van der Waals surface area contributed by atoms with E-state index in [4.69, 9.17) is 11.6 Å². The van der Waals surface area contributed by atoms with Crippen molar-refractivity contribution in [1.29, 1.82) is 0 Å². The molecule has 14 heavy (non-hydrogen) atoms. The third-order valence-electron chi connectivity index (χ3n) is 2.42. The molecule has 2 heteroatoms. The molecule has 1 heterocycles. The number of halogens is 1. The lowest BCUT2D eigenvalue weighted by Gasteiger charge is -2.03. The summed E-state index contributed by atoms with van der Waals surface area (Å²) in [6.45, 7) is 4.11. The van der Waals surface area contributed by atoms with Gasteiger partial charge in [0.15, 0.2) is 0 Å². The predicted octanol–water partition coefficient (Wildman–Crippen LogP) is 3.76. The summed E-state index contributed by atoms with van der Waals surface area (Å²) in [6, 6.07) is 8.41. The molecule has 1 aromatic carbocycles. The minimum Gasteiger partial charge on any atom is -0.236 e. The van der Waals surface area contributed by atoms with Gasteiger partial charge in [0.2, 0.25) is 0 Å². The van der Waals surface area contributed by atoms with E-state index in [1.54, 1.807) is 0 Å². The van der Waals surface area contributed by atoms with Crippen LogP contribution in [0.15, 0.2) is 24.3 Å². The van der Waals surface area contributed by atoms with Crippen molar-refractivity contribution in [3.63, 3.8) is 0 Å². The number of pyridine rings is 1. The Kier molecular flexibility index (Phi) is 2.42. The van der Waals surface area contributed by atoms with E-state index < -0.39 is 0 Å². The van der Waals surface area contributed by atoms with Crippen molar-refractivity contribution in [3.05, 3.63) is 40.5 Å². The van der Waals surface area contributed by atoms with Gasteiger partial charge in [-0.1, -0.05) is 30.7 Å². The third-order valence-corrected chi connectivity index (χ3v) is 2.80. The first-order chi connectivity index (χ1) is 6.70. The van der Waals surface area contributed by atoms with Crippen LogP contribution in [0.25, 0.3) is 10.9 Å². The lowest BCUT2D eigenvalue weighted by atomic mass is 10.1. The van der Waals surface area contributed by atoms with Gasteiger partial charge in [-0.05, 0) is 36.6 Å². The first-order valence-corrected chi connectivity index (χ1v) is 5.14. The fourth-order valence-corrected chi connectivity index (χ4v) is 1.66. The van der Waals surface area contributed by atoms with E-state index in [1.807, 2.05) is 6.92 Å². The van der Waals surface area contributed by atoms with Crippen molar-refractivity contribution in [3.8, 4) is 0 Å². The minimum absolute atomic E-state index is 0.603. The fourth-order valence-electron chi connectivity index (χ4n) is 1.51. The second kappa shape index (κ2) is 3.58. The smallest absolute Gasteiger partial charge is 0.132 e. The Hall–Kier alpha value is -1.08. The summed E-state index contributed by atoms with van der Waals surface area (Å²) in [4.78, 5) is 4.35. The Bertz CT molecular complexity index is 477. The summed E-state index contributed by atoms with van der Waals surface area (Å²) in [5.41, 5.74) is 3.31. The SMILES string of the molecule is CCc1ccc2cc(C)c(Cl)nc2c1. The van der Waals surface area contributed by atoms with Gasteiger partial charge in [-0.15, -0.1) is 0 Å². The summed E-state index contributed by atoms with van der Waals surface area (Å²) < 4.78 is 0. The Morgan fingerprint density at radius 3 is 2.79 bits per heavy atom. The summed E-state index contributed by atoms with van der Waals surface area (Å²) in [6.07, 6.45) is 1.03. The number of aryl methyl sites for hydroxylation is 2. The zero-order valence-electron chi connectivity index (χ0n) is 8.34. The molecule has 2 aromatic rings. The number of benzene rings is 1. The highest BCUT2D eigenvalue weighted by atomic mass is 35.5. The predicted molar refractivity (Wildman–Crippen MR) is 60.9 cm³/mol. The maximum absolute atomic E-state index is 5.97. The van der Waals surface area contributed by atoms with Crippen molar-refractivity contribution in [2.75, 3.05) is 0 Å². The highest BCUT2D eigenvalue weighted by Crippen LogP contribution is 2.20. The molecule has 72 valence electrons. The molecule has 1 aromatic heterocycles. The molecule has 1 nitrogen and oxygen atoms in total. The maximum Gasteiger partial charge on any atom is 0.132 e. The highest BCUT2D eigenvalue weighted by molar-refractivity contribution is 6.30. The van der Waals surface area contributed by atoms with Crippen LogP contribution < -0.4 is 0 Å². The number of aromatic nitrogens is 1. The number of hydrogen-bond donors (Lipinski definition) is 0. The van der Waals surface area contributed by atoms with E-state index in [2.05, 4.69) is 36.2 Å². The van der Waals surface area contributed by atoms with Gasteiger partial charge in [-0.25, -0.2) is 4.98 Å². The van der Waals surface area contributed by atoms with Crippen LogP contribution in [0.4, 0.5) is 0 Å². The van der Waals surface area contributed by atoms with Crippen molar-refractivity contribution < 1.29 is 0 Å². The van der Waals surface area contributed by atoms with Gasteiger partial charge >= 0.3 is 0 Å². The van der Waals surface area contributed by atoms with Crippen molar-refractivity contribution >= 4 is 22.5 Å². The Morgan fingerprint density at radius 2 is 2.07 bits per heavy atom. The summed E-state index contributed by atoms with van der Waals surface area (Å²) in [5.74, 6) is 0. The normalized spacial score (nSPS) is 10.8. The Morgan fingerprint density at radius 1 is 1.29 bits per heavy atom. The van der Waals surface area contributed by atoms with Gasteiger partial charge in [-0.3, -0.25) is 0 Å². The second-order valence-electron chi connectivity index (χ2n) is 3.48. The van der Waals surface area contributed by atoms with Crippen LogP contribution >= 0.6 is 11.6 Å². The fraction of sp³-hybridized carbons (Fsp3) is 0.250. The Balaban J connectivity index is 2.70. The van der Waals surface area contributed by atoms with Crippen LogP contribution in [0.3, 0.4) is 0 Å². The lowest BCUT2D eigenvalue weighted by Crippen LogP contribution is -1.86. The Labute approximate surface area is 88.7 Å². The molecule has 0 aliphatic carbocycles. The van der Waals surface area contributed by atoms with E-state index in [-0.39, 0.29) is 0 Å². The molecule has 0 amide bonds. The van der Waals surface area contributed by atoms with Gasteiger partial charge in [0.25, 0.3) is 0 Å². The molecular weight excluding hydrogens is 194 g/mol. The molecule has 0 atom stereocenters. The number of nitrogens with zero attached hydrogens (tertiary/aromatic N) is 1.